The first kappa shape index (κ1) is 23.3. The molecule has 34 heavy (non-hydrogen) atoms. The minimum atomic E-state index is -4.74. The van der Waals surface area contributed by atoms with E-state index in [2.05, 4.69) is 26.0 Å². The number of hydrogen-bond acceptors (Lipinski definition) is 7. The standard InChI is InChI=1S/C21H16F3N7O2S/c1-12-7-17-19(28-9-12)15(8-25)20(31(17)18-5-6-26-11-29-18)16-4-3-14(10-27-16)34(32,33)30-13(2)21(22,23)24/h3-7,9-11,13,30H,1-2H3. The van der Waals surface area contributed by atoms with Gasteiger partial charge in [0, 0.05) is 18.6 Å². The first-order valence-electron chi connectivity index (χ1n) is 9.76. The molecule has 9 nitrogen and oxygen atoms in total. The Bertz CT molecular complexity index is 1510. The molecule has 174 valence electrons. The number of sulfonamides is 1. The predicted molar refractivity (Wildman–Crippen MR) is 115 cm³/mol. The fourth-order valence-electron chi connectivity index (χ4n) is 3.31. The Labute approximate surface area is 192 Å². The minimum Gasteiger partial charge on any atom is -0.289 e. The Morgan fingerprint density at radius 3 is 2.50 bits per heavy atom. The maximum atomic E-state index is 12.8. The van der Waals surface area contributed by atoms with Crippen molar-refractivity contribution in [3.05, 3.63) is 60.3 Å². The molecular weight excluding hydrogens is 471 g/mol. The lowest BCUT2D eigenvalue weighted by Gasteiger charge is -2.17. The van der Waals surface area contributed by atoms with Crippen LogP contribution in [0, 0.1) is 18.3 Å². The van der Waals surface area contributed by atoms with Crippen LogP contribution in [-0.4, -0.2) is 45.1 Å². The molecule has 0 amide bonds. The third-order valence-electron chi connectivity index (χ3n) is 4.96. The predicted octanol–water partition coefficient (Wildman–Crippen LogP) is 3.29. The van der Waals surface area contributed by atoms with Crippen LogP contribution in [0.25, 0.3) is 28.2 Å². The molecule has 0 aliphatic rings. The topological polar surface area (TPSA) is 126 Å². The number of fused-ring (bicyclic) bond motifs is 1. The second-order valence-corrected chi connectivity index (χ2v) is 9.10. The van der Waals surface area contributed by atoms with Gasteiger partial charge in [-0.15, -0.1) is 0 Å². The van der Waals surface area contributed by atoms with Crippen molar-refractivity contribution in [1.29, 1.82) is 5.26 Å². The molecule has 1 atom stereocenters. The molecule has 1 N–H and O–H groups in total. The van der Waals surface area contributed by atoms with Crippen LogP contribution < -0.4 is 4.72 Å². The third-order valence-corrected chi connectivity index (χ3v) is 6.49. The summed E-state index contributed by atoms with van der Waals surface area (Å²) in [6.07, 6.45) is 0.642. The molecule has 0 spiro atoms. The van der Waals surface area contributed by atoms with E-state index in [-0.39, 0.29) is 11.3 Å². The average Bonchev–Trinajstić information content (AvgIpc) is 3.12. The van der Waals surface area contributed by atoms with E-state index in [1.807, 2.05) is 13.0 Å². The van der Waals surface area contributed by atoms with Crippen molar-refractivity contribution in [2.24, 2.45) is 0 Å². The zero-order valence-corrected chi connectivity index (χ0v) is 18.6. The van der Waals surface area contributed by atoms with E-state index in [0.717, 1.165) is 17.8 Å². The highest BCUT2D eigenvalue weighted by atomic mass is 32.2. The number of aryl methyl sites for hydroxylation is 1. The number of nitrogens with one attached hydrogen (secondary N) is 1. The van der Waals surface area contributed by atoms with E-state index in [1.165, 1.54) is 18.6 Å². The highest BCUT2D eigenvalue weighted by molar-refractivity contribution is 7.89. The molecule has 0 radical (unpaired) electrons. The normalized spacial score (nSPS) is 13.1. The van der Waals surface area contributed by atoms with Gasteiger partial charge in [0.15, 0.2) is 0 Å². The van der Waals surface area contributed by atoms with Crippen LogP contribution in [0.4, 0.5) is 13.2 Å². The van der Waals surface area contributed by atoms with Crippen LogP contribution in [-0.2, 0) is 10.0 Å². The number of hydrogen-bond donors (Lipinski definition) is 1. The van der Waals surface area contributed by atoms with Crippen molar-refractivity contribution in [2.75, 3.05) is 0 Å². The summed E-state index contributed by atoms with van der Waals surface area (Å²) in [5.41, 5.74) is 2.48. The Kier molecular flexibility index (Phi) is 5.80. The second kappa shape index (κ2) is 8.47. The molecular formula is C21H16F3N7O2S. The van der Waals surface area contributed by atoms with E-state index >= 15 is 0 Å². The van der Waals surface area contributed by atoms with Crippen LogP contribution in [0.3, 0.4) is 0 Å². The SMILES string of the molecule is Cc1cnc2c(C#N)c(-c3ccc(S(=O)(=O)NC(C)C(F)(F)F)cn3)n(-c3ccncn3)c2c1. The Balaban J connectivity index is 1.87. The number of halogens is 3. The molecule has 0 aliphatic heterocycles. The van der Waals surface area contributed by atoms with Crippen molar-refractivity contribution >= 4 is 21.1 Å². The summed E-state index contributed by atoms with van der Waals surface area (Å²) in [4.78, 5) is 16.2. The summed E-state index contributed by atoms with van der Waals surface area (Å²) in [7, 11) is -4.49. The highest BCUT2D eigenvalue weighted by Gasteiger charge is 2.39. The number of alkyl halides is 3. The molecule has 0 saturated carbocycles. The first-order chi connectivity index (χ1) is 16.0. The van der Waals surface area contributed by atoms with Gasteiger partial charge in [0.2, 0.25) is 10.0 Å². The van der Waals surface area contributed by atoms with E-state index in [4.69, 9.17) is 0 Å². The minimum absolute atomic E-state index is 0.181. The van der Waals surface area contributed by atoms with Crippen LogP contribution in [0.5, 0.6) is 0 Å². The highest BCUT2D eigenvalue weighted by Crippen LogP contribution is 2.34. The van der Waals surface area contributed by atoms with Crippen LogP contribution in [0.1, 0.15) is 18.1 Å². The average molecular weight is 487 g/mol. The molecule has 0 aromatic carbocycles. The number of rotatable bonds is 5. The lowest BCUT2D eigenvalue weighted by atomic mass is 10.1. The monoisotopic (exact) mass is 487 g/mol. The summed E-state index contributed by atoms with van der Waals surface area (Å²) in [5.74, 6) is 0.420. The van der Waals surface area contributed by atoms with Gasteiger partial charge >= 0.3 is 6.18 Å². The van der Waals surface area contributed by atoms with Gasteiger partial charge in [-0.05, 0) is 43.7 Å². The van der Waals surface area contributed by atoms with E-state index in [1.54, 1.807) is 21.6 Å². The molecule has 0 aliphatic carbocycles. The molecule has 4 heterocycles. The summed E-state index contributed by atoms with van der Waals surface area (Å²) < 4.78 is 66.4. The van der Waals surface area contributed by atoms with Gasteiger partial charge in [-0.3, -0.25) is 14.5 Å². The molecule has 0 saturated heterocycles. The van der Waals surface area contributed by atoms with Crippen LogP contribution in [0.15, 0.2) is 54.1 Å². The first-order valence-corrected chi connectivity index (χ1v) is 11.2. The van der Waals surface area contributed by atoms with Gasteiger partial charge in [0.25, 0.3) is 0 Å². The second-order valence-electron chi connectivity index (χ2n) is 7.38. The van der Waals surface area contributed by atoms with E-state index < -0.39 is 27.1 Å². The summed E-state index contributed by atoms with van der Waals surface area (Å²) >= 11 is 0. The molecule has 4 aromatic heterocycles. The largest absolute Gasteiger partial charge is 0.404 e. The molecule has 0 bridgehead atoms. The zero-order chi connectivity index (χ0) is 24.7. The van der Waals surface area contributed by atoms with Gasteiger partial charge in [0.1, 0.15) is 40.2 Å². The number of pyridine rings is 2. The van der Waals surface area contributed by atoms with Crippen LogP contribution in [0.2, 0.25) is 0 Å². The van der Waals surface area contributed by atoms with Gasteiger partial charge < -0.3 is 0 Å². The molecule has 1 unspecified atom stereocenters. The maximum Gasteiger partial charge on any atom is 0.404 e. The molecule has 0 fully saturated rings. The molecule has 4 rings (SSSR count). The number of nitrogens with zero attached hydrogens (tertiary/aromatic N) is 6. The van der Waals surface area contributed by atoms with Gasteiger partial charge in [-0.2, -0.15) is 23.2 Å². The molecule has 4 aromatic rings. The Morgan fingerprint density at radius 2 is 1.91 bits per heavy atom. The smallest absolute Gasteiger partial charge is 0.289 e. The van der Waals surface area contributed by atoms with Crippen molar-refractivity contribution < 1.29 is 21.6 Å². The van der Waals surface area contributed by atoms with Crippen molar-refractivity contribution in [1.82, 2.24) is 29.2 Å². The molecule has 13 heteroatoms. The van der Waals surface area contributed by atoms with Gasteiger partial charge in [-0.25, -0.2) is 18.4 Å². The van der Waals surface area contributed by atoms with Crippen molar-refractivity contribution in [2.45, 2.75) is 31.0 Å². The van der Waals surface area contributed by atoms with Crippen molar-refractivity contribution in [3.8, 4) is 23.3 Å². The summed E-state index contributed by atoms with van der Waals surface area (Å²) in [5, 5.41) is 9.89. The van der Waals surface area contributed by atoms with E-state index in [0.29, 0.717) is 29.5 Å². The fourth-order valence-corrected chi connectivity index (χ4v) is 4.48. The lowest BCUT2D eigenvalue weighted by Crippen LogP contribution is -2.42. The third kappa shape index (κ3) is 4.20. The van der Waals surface area contributed by atoms with Crippen molar-refractivity contribution in [3.63, 3.8) is 0 Å². The lowest BCUT2D eigenvalue weighted by molar-refractivity contribution is -0.147. The zero-order valence-electron chi connectivity index (χ0n) is 17.7. The Hall–Kier alpha value is -3.89. The fraction of sp³-hybridized carbons (Fsp3) is 0.190. The summed E-state index contributed by atoms with van der Waals surface area (Å²) in [6, 6.07) is 5.70. The summed E-state index contributed by atoms with van der Waals surface area (Å²) in [6.45, 7) is 2.54. The maximum absolute atomic E-state index is 12.8. The quantitative estimate of drug-likeness (QED) is 0.458. The van der Waals surface area contributed by atoms with E-state index in [9.17, 15) is 26.9 Å². The number of nitriles is 1. The Morgan fingerprint density at radius 1 is 1.15 bits per heavy atom. The van der Waals surface area contributed by atoms with Gasteiger partial charge in [0.05, 0.1) is 16.9 Å². The van der Waals surface area contributed by atoms with Crippen LogP contribution >= 0.6 is 0 Å². The van der Waals surface area contributed by atoms with Gasteiger partial charge in [-0.1, -0.05) is 0 Å². The number of aromatic nitrogens is 5.